The van der Waals surface area contributed by atoms with E-state index >= 15 is 0 Å². The van der Waals surface area contributed by atoms with Crippen molar-refractivity contribution in [3.63, 3.8) is 0 Å². The molecule has 1 aromatic heterocycles. The third kappa shape index (κ3) is 4.67. The predicted molar refractivity (Wildman–Crippen MR) is 71.0 cm³/mol. The standard InChI is InChI=1S/C15H20N2O/c1-2-3-4-5-6-10-15(18)13(12-16)14-9-7-8-11-17-14/h7-9,11,13H,2-6,10H2,1H3. The number of carbonyl (C=O) groups is 1. The Bertz CT molecular complexity index is 395. The van der Waals surface area contributed by atoms with Gasteiger partial charge in [0.05, 0.1) is 11.8 Å². The van der Waals surface area contributed by atoms with Gasteiger partial charge in [-0.15, -0.1) is 0 Å². The first-order chi connectivity index (χ1) is 8.79. The molecule has 1 aromatic rings. The van der Waals surface area contributed by atoms with E-state index in [0.717, 1.165) is 12.8 Å². The molecule has 0 bridgehead atoms. The summed E-state index contributed by atoms with van der Waals surface area (Å²) in [7, 11) is 0. The molecule has 18 heavy (non-hydrogen) atoms. The molecule has 96 valence electrons. The lowest BCUT2D eigenvalue weighted by Gasteiger charge is -2.07. The van der Waals surface area contributed by atoms with Gasteiger partial charge in [-0.25, -0.2) is 0 Å². The number of carbonyl (C=O) groups excluding carboxylic acids is 1. The van der Waals surface area contributed by atoms with E-state index in [4.69, 9.17) is 5.26 Å². The van der Waals surface area contributed by atoms with Crippen molar-refractivity contribution in [3.8, 4) is 6.07 Å². The van der Waals surface area contributed by atoms with Crippen molar-refractivity contribution in [2.75, 3.05) is 0 Å². The Morgan fingerprint density at radius 3 is 2.72 bits per heavy atom. The summed E-state index contributed by atoms with van der Waals surface area (Å²) in [4.78, 5) is 16.0. The lowest BCUT2D eigenvalue weighted by molar-refractivity contribution is -0.119. The van der Waals surface area contributed by atoms with Gasteiger partial charge < -0.3 is 0 Å². The monoisotopic (exact) mass is 244 g/mol. The zero-order chi connectivity index (χ0) is 13.2. The van der Waals surface area contributed by atoms with E-state index in [2.05, 4.69) is 18.0 Å². The van der Waals surface area contributed by atoms with Crippen LogP contribution in [0.2, 0.25) is 0 Å². The van der Waals surface area contributed by atoms with E-state index in [9.17, 15) is 4.79 Å². The molecule has 0 fully saturated rings. The van der Waals surface area contributed by atoms with E-state index in [0.29, 0.717) is 12.1 Å². The van der Waals surface area contributed by atoms with Crippen LogP contribution >= 0.6 is 0 Å². The first-order valence-corrected chi connectivity index (χ1v) is 6.62. The van der Waals surface area contributed by atoms with Crippen molar-refractivity contribution < 1.29 is 4.79 Å². The van der Waals surface area contributed by atoms with Crippen LogP contribution in [0.4, 0.5) is 0 Å². The average Bonchev–Trinajstić information content (AvgIpc) is 2.40. The van der Waals surface area contributed by atoms with Crippen molar-refractivity contribution in [1.29, 1.82) is 5.26 Å². The predicted octanol–water partition coefficient (Wildman–Crippen LogP) is 3.62. The van der Waals surface area contributed by atoms with Gasteiger partial charge in [0.15, 0.2) is 5.78 Å². The van der Waals surface area contributed by atoms with E-state index in [1.54, 1.807) is 24.4 Å². The summed E-state index contributed by atoms with van der Waals surface area (Å²) in [6, 6.07) is 7.39. The van der Waals surface area contributed by atoms with E-state index in [1.165, 1.54) is 19.3 Å². The van der Waals surface area contributed by atoms with Gasteiger partial charge >= 0.3 is 0 Å². The molecule has 0 saturated heterocycles. The lowest BCUT2D eigenvalue weighted by Crippen LogP contribution is -2.11. The molecular formula is C15H20N2O. The highest BCUT2D eigenvalue weighted by molar-refractivity contribution is 5.87. The van der Waals surface area contributed by atoms with Gasteiger partial charge in [0.1, 0.15) is 5.92 Å². The molecular weight excluding hydrogens is 224 g/mol. The van der Waals surface area contributed by atoms with Gasteiger partial charge in [0.25, 0.3) is 0 Å². The summed E-state index contributed by atoms with van der Waals surface area (Å²) in [5.41, 5.74) is 0.568. The summed E-state index contributed by atoms with van der Waals surface area (Å²) in [5, 5.41) is 9.08. The quantitative estimate of drug-likeness (QED) is 0.656. The highest BCUT2D eigenvalue weighted by Gasteiger charge is 2.20. The minimum absolute atomic E-state index is 0.00676. The summed E-state index contributed by atoms with van der Waals surface area (Å²) >= 11 is 0. The van der Waals surface area contributed by atoms with Crippen LogP contribution in [-0.2, 0) is 4.79 Å². The molecule has 3 heteroatoms. The minimum Gasteiger partial charge on any atom is -0.298 e. The summed E-state index contributed by atoms with van der Waals surface area (Å²) in [6.45, 7) is 2.16. The van der Waals surface area contributed by atoms with Crippen molar-refractivity contribution >= 4 is 5.78 Å². The van der Waals surface area contributed by atoms with Crippen LogP contribution in [-0.4, -0.2) is 10.8 Å². The Labute approximate surface area is 109 Å². The topological polar surface area (TPSA) is 53.8 Å². The number of rotatable bonds is 8. The summed E-state index contributed by atoms with van der Waals surface area (Å²) < 4.78 is 0. The van der Waals surface area contributed by atoms with E-state index in [-0.39, 0.29) is 5.78 Å². The molecule has 0 spiro atoms. The zero-order valence-electron chi connectivity index (χ0n) is 10.9. The molecule has 0 N–H and O–H groups in total. The SMILES string of the molecule is CCCCCCCC(=O)C(C#N)c1ccccn1. The van der Waals surface area contributed by atoms with Crippen LogP contribution in [0.3, 0.4) is 0 Å². The minimum atomic E-state index is -0.697. The highest BCUT2D eigenvalue weighted by atomic mass is 16.1. The van der Waals surface area contributed by atoms with Crippen molar-refractivity contribution in [2.45, 2.75) is 51.4 Å². The molecule has 0 aromatic carbocycles. The first-order valence-electron chi connectivity index (χ1n) is 6.62. The van der Waals surface area contributed by atoms with Crippen molar-refractivity contribution in [1.82, 2.24) is 4.98 Å². The van der Waals surface area contributed by atoms with Crippen LogP contribution in [0, 0.1) is 11.3 Å². The number of unbranched alkanes of at least 4 members (excludes halogenated alkanes) is 4. The smallest absolute Gasteiger partial charge is 0.156 e. The van der Waals surface area contributed by atoms with Gasteiger partial charge in [0, 0.05) is 12.6 Å². The Morgan fingerprint density at radius 1 is 1.33 bits per heavy atom. The maximum absolute atomic E-state index is 11.9. The molecule has 1 atom stereocenters. The first kappa shape index (κ1) is 14.4. The fraction of sp³-hybridized carbons (Fsp3) is 0.533. The second kappa shape index (κ2) is 8.41. The maximum atomic E-state index is 11.9. The molecule has 0 saturated carbocycles. The molecule has 0 radical (unpaired) electrons. The van der Waals surface area contributed by atoms with Crippen molar-refractivity contribution in [2.24, 2.45) is 0 Å². The average molecular weight is 244 g/mol. The fourth-order valence-corrected chi connectivity index (χ4v) is 1.90. The van der Waals surface area contributed by atoms with Crippen LogP contribution in [0.1, 0.15) is 57.1 Å². The van der Waals surface area contributed by atoms with Gasteiger partial charge in [-0.05, 0) is 18.6 Å². The molecule has 1 heterocycles. The third-order valence-corrected chi connectivity index (χ3v) is 2.96. The number of nitrogens with zero attached hydrogens (tertiary/aromatic N) is 2. The summed E-state index contributed by atoms with van der Waals surface area (Å²) in [6.07, 6.45) is 7.64. The molecule has 0 aliphatic carbocycles. The van der Waals surface area contributed by atoms with E-state index < -0.39 is 5.92 Å². The molecule has 1 unspecified atom stereocenters. The number of Topliss-reactive ketones (excluding diaryl/α,β-unsaturated/α-hetero) is 1. The zero-order valence-corrected chi connectivity index (χ0v) is 10.9. The number of pyridine rings is 1. The van der Waals surface area contributed by atoms with Gasteiger partial charge in [-0.3, -0.25) is 9.78 Å². The highest BCUT2D eigenvalue weighted by Crippen LogP contribution is 2.17. The Hall–Kier alpha value is -1.69. The van der Waals surface area contributed by atoms with Crippen LogP contribution in [0.25, 0.3) is 0 Å². The largest absolute Gasteiger partial charge is 0.298 e. The lowest BCUT2D eigenvalue weighted by atomic mass is 9.96. The third-order valence-electron chi connectivity index (χ3n) is 2.96. The molecule has 0 aliphatic heterocycles. The molecule has 1 rings (SSSR count). The molecule has 3 nitrogen and oxygen atoms in total. The number of hydrogen-bond acceptors (Lipinski definition) is 3. The maximum Gasteiger partial charge on any atom is 0.156 e. The molecule has 0 amide bonds. The van der Waals surface area contributed by atoms with Gasteiger partial charge in [0.2, 0.25) is 0 Å². The Morgan fingerprint density at radius 2 is 2.11 bits per heavy atom. The number of aromatic nitrogens is 1. The Balaban J connectivity index is 2.42. The fourth-order valence-electron chi connectivity index (χ4n) is 1.90. The van der Waals surface area contributed by atoms with Gasteiger partial charge in [-0.1, -0.05) is 38.7 Å². The number of nitriles is 1. The second-order valence-electron chi connectivity index (χ2n) is 4.45. The van der Waals surface area contributed by atoms with E-state index in [1.807, 2.05) is 0 Å². The number of ketones is 1. The summed E-state index contributed by atoms with van der Waals surface area (Å²) in [5.74, 6) is -0.704. The normalized spacial score (nSPS) is 11.8. The van der Waals surface area contributed by atoms with Crippen molar-refractivity contribution in [3.05, 3.63) is 30.1 Å². The Kier molecular flexibility index (Phi) is 6.71. The van der Waals surface area contributed by atoms with Crippen LogP contribution in [0.15, 0.2) is 24.4 Å². The number of hydrogen-bond donors (Lipinski definition) is 0. The molecule has 0 aliphatic rings. The van der Waals surface area contributed by atoms with Crippen LogP contribution in [0.5, 0.6) is 0 Å². The second-order valence-corrected chi connectivity index (χ2v) is 4.45. The van der Waals surface area contributed by atoms with Gasteiger partial charge in [-0.2, -0.15) is 5.26 Å². The van der Waals surface area contributed by atoms with Crippen LogP contribution < -0.4 is 0 Å².